The zero-order valence-electron chi connectivity index (χ0n) is 12.3. The molecule has 0 bridgehead atoms. The van der Waals surface area contributed by atoms with Gasteiger partial charge in [0.15, 0.2) is 0 Å². The number of fused-ring (bicyclic) bond motifs is 1. The van der Waals surface area contributed by atoms with Crippen molar-refractivity contribution in [2.24, 2.45) is 5.92 Å². The second-order valence-corrected chi connectivity index (χ2v) is 7.14. The van der Waals surface area contributed by atoms with Gasteiger partial charge in [0.1, 0.15) is 0 Å². The molecule has 0 saturated heterocycles. The molecule has 23 heavy (non-hydrogen) atoms. The highest BCUT2D eigenvalue weighted by molar-refractivity contribution is 7.20. The van der Waals surface area contributed by atoms with Crippen LogP contribution in [0.1, 0.15) is 30.9 Å². The van der Waals surface area contributed by atoms with Crippen LogP contribution in [0, 0.1) is 5.92 Å². The fourth-order valence-electron chi connectivity index (χ4n) is 2.85. The van der Waals surface area contributed by atoms with Gasteiger partial charge in [-0.05, 0) is 36.5 Å². The minimum atomic E-state index is -0.161. The van der Waals surface area contributed by atoms with Gasteiger partial charge in [-0.15, -0.1) is 5.10 Å². The summed E-state index contributed by atoms with van der Waals surface area (Å²) in [6.07, 6.45) is 5.17. The lowest BCUT2D eigenvalue weighted by Crippen LogP contribution is -2.26. The van der Waals surface area contributed by atoms with Gasteiger partial charge in [0, 0.05) is 17.3 Å². The Morgan fingerprint density at radius 1 is 1.26 bits per heavy atom. The number of benzene rings is 1. The van der Waals surface area contributed by atoms with Crippen molar-refractivity contribution < 1.29 is 0 Å². The molecule has 7 heteroatoms. The van der Waals surface area contributed by atoms with Crippen LogP contribution < -0.4 is 10.9 Å². The molecule has 4 rings (SSSR count). The van der Waals surface area contributed by atoms with Crippen molar-refractivity contribution >= 4 is 33.0 Å². The maximum atomic E-state index is 11.8. The topological polar surface area (TPSA) is 59.3 Å². The Kier molecular flexibility index (Phi) is 3.79. The van der Waals surface area contributed by atoms with Gasteiger partial charge in [-0.25, -0.2) is 4.98 Å². The zero-order valence-corrected chi connectivity index (χ0v) is 13.8. The number of hydrogen-bond donors (Lipinski definition) is 1. The van der Waals surface area contributed by atoms with Crippen molar-refractivity contribution in [3.63, 3.8) is 0 Å². The van der Waals surface area contributed by atoms with Crippen LogP contribution >= 0.6 is 22.9 Å². The minimum Gasteiger partial charge on any atom is -0.353 e. The highest BCUT2D eigenvalue weighted by Crippen LogP contribution is 2.40. The van der Waals surface area contributed by atoms with Crippen LogP contribution in [0.2, 0.25) is 5.02 Å². The maximum Gasteiger partial charge on any atom is 0.275 e. The molecular formula is C16H15ClN4OS. The summed E-state index contributed by atoms with van der Waals surface area (Å²) >= 11 is 7.39. The van der Waals surface area contributed by atoms with E-state index >= 15 is 0 Å². The molecule has 1 aliphatic carbocycles. The molecule has 0 amide bonds. The van der Waals surface area contributed by atoms with Gasteiger partial charge < -0.3 is 5.32 Å². The van der Waals surface area contributed by atoms with Gasteiger partial charge in [-0.2, -0.15) is 4.52 Å². The van der Waals surface area contributed by atoms with Gasteiger partial charge >= 0.3 is 0 Å². The van der Waals surface area contributed by atoms with E-state index in [-0.39, 0.29) is 11.6 Å². The van der Waals surface area contributed by atoms with E-state index in [9.17, 15) is 4.79 Å². The molecular weight excluding hydrogens is 332 g/mol. The van der Waals surface area contributed by atoms with Crippen LogP contribution in [0.4, 0.5) is 5.13 Å². The molecule has 2 heterocycles. The van der Waals surface area contributed by atoms with Crippen LogP contribution in [-0.2, 0) is 0 Å². The first-order valence-electron chi connectivity index (χ1n) is 7.57. The first-order chi connectivity index (χ1) is 11.2. The molecule has 1 atom stereocenters. The van der Waals surface area contributed by atoms with Gasteiger partial charge in [-0.3, -0.25) is 4.79 Å². The van der Waals surface area contributed by atoms with E-state index < -0.39 is 0 Å². The summed E-state index contributed by atoms with van der Waals surface area (Å²) < 4.78 is 1.34. The number of nitrogens with zero attached hydrogens (tertiary/aromatic N) is 3. The second-order valence-electron chi connectivity index (χ2n) is 5.75. The predicted molar refractivity (Wildman–Crippen MR) is 92.3 cm³/mol. The average molecular weight is 347 g/mol. The lowest BCUT2D eigenvalue weighted by molar-refractivity contribution is 0.277. The average Bonchev–Trinajstić information content (AvgIpc) is 2.90. The molecule has 1 aliphatic rings. The predicted octanol–water partition coefficient (Wildman–Crippen LogP) is 3.76. The summed E-state index contributed by atoms with van der Waals surface area (Å²) in [4.78, 5) is 16.6. The van der Waals surface area contributed by atoms with Crippen molar-refractivity contribution in [3.05, 3.63) is 57.5 Å². The normalized spacial score (nSPS) is 16.2. The Bertz CT molecular complexity index is 885. The van der Waals surface area contributed by atoms with Crippen molar-refractivity contribution in [1.29, 1.82) is 0 Å². The maximum absolute atomic E-state index is 11.8. The van der Waals surface area contributed by atoms with Crippen molar-refractivity contribution in [2.75, 3.05) is 5.32 Å². The summed E-state index contributed by atoms with van der Waals surface area (Å²) in [6, 6.07) is 9.52. The fraction of sp³-hybridized carbons (Fsp3) is 0.312. The molecule has 0 spiro atoms. The number of halogens is 1. The summed E-state index contributed by atoms with van der Waals surface area (Å²) in [6.45, 7) is 0. The number of nitrogens with one attached hydrogen (secondary N) is 1. The first-order valence-corrected chi connectivity index (χ1v) is 8.77. The van der Waals surface area contributed by atoms with Gasteiger partial charge in [-0.1, -0.05) is 41.5 Å². The Hall–Kier alpha value is -1.92. The van der Waals surface area contributed by atoms with E-state index in [0.717, 1.165) is 5.02 Å². The fourth-order valence-corrected chi connectivity index (χ4v) is 3.79. The zero-order chi connectivity index (χ0) is 15.8. The molecule has 0 aliphatic heterocycles. The largest absolute Gasteiger partial charge is 0.353 e. The molecule has 118 valence electrons. The third-order valence-corrected chi connectivity index (χ3v) is 5.41. The molecule has 3 aromatic rings. The summed E-state index contributed by atoms with van der Waals surface area (Å²) in [5, 5.41) is 9.31. The second kappa shape index (κ2) is 5.94. The number of hydrogen-bond acceptors (Lipinski definition) is 5. The van der Waals surface area contributed by atoms with Crippen LogP contribution in [-0.4, -0.2) is 14.6 Å². The lowest BCUT2D eigenvalue weighted by atomic mass is 9.77. The van der Waals surface area contributed by atoms with Gasteiger partial charge in [0.25, 0.3) is 5.56 Å². The minimum absolute atomic E-state index is 0.161. The van der Waals surface area contributed by atoms with Crippen LogP contribution in [0.3, 0.4) is 0 Å². The Morgan fingerprint density at radius 3 is 2.70 bits per heavy atom. The molecule has 2 aromatic heterocycles. The standard InChI is InChI=1S/C16H15ClN4OS/c17-12-6-4-11(5-7-12)14(10-2-1-3-10)19-15-20-21-13(22)8-9-18-16(21)23-15/h4-10,14H,1-3H2,(H,19,20). The first kappa shape index (κ1) is 14.7. The van der Waals surface area contributed by atoms with E-state index in [0.29, 0.717) is 16.0 Å². The molecule has 1 unspecified atom stereocenters. The number of aromatic nitrogens is 3. The molecule has 1 saturated carbocycles. The quantitative estimate of drug-likeness (QED) is 0.781. The van der Waals surface area contributed by atoms with Gasteiger partial charge in [0.2, 0.25) is 10.1 Å². The van der Waals surface area contributed by atoms with E-state index in [4.69, 9.17) is 11.6 Å². The van der Waals surface area contributed by atoms with E-state index in [1.165, 1.54) is 52.9 Å². The summed E-state index contributed by atoms with van der Waals surface area (Å²) in [5.74, 6) is 0.577. The smallest absolute Gasteiger partial charge is 0.275 e. The third kappa shape index (κ3) is 2.84. The number of rotatable bonds is 4. The van der Waals surface area contributed by atoms with Crippen molar-refractivity contribution in [2.45, 2.75) is 25.3 Å². The summed E-state index contributed by atoms with van der Waals surface area (Å²) in [7, 11) is 0. The molecule has 1 fully saturated rings. The van der Waals surface area contributed by atoms with E-state index in [2.05, 4.69) is 27.5 Å². The van der Waals surface area contributed by atoms with E-state index in [1.54, 1.807) is 0 Å². The highest BCUT2D eigenvalue weighted by atomic mass is 35.5. The van der Waals surface area contributed by atoms with Crippen molar-refractivity contribution in [1.82, 2.24) is 14.6 Å². The summed E-state index contributed by atoms with van der Waals surface area (Å²) in [5.41, 5.74) is 1.03. The monoisotopic (exact) mass is 346 g/mol. The van der Waals surface area contributed by atoms with Gasteiger partial charge in [0.05, 0.1) is 6.04 Å². The molecule has 5 nitrogen and oxygen atoms in total. The van der Waals surface area contributed by atoms with E-state index in [1.807, 2.05) is 12.1 Å². The molecule has 0 radical (unpaired) electrons. The Balaban J connectivity index is 1.67. The van der Waals surface area contributed by atoms with Crippen LogP contribution in [0.15, 0.2) is 41.3 Å². The van der Waals surface area contributed by atoms with Crippen LogP contribution in [0.5, 0.6) is 0 Å². The van der Waals surface area contributed by atoms with Crippen molar-refractivity contribution in [3.8, 4) is 0 Å². The third-order valence-electron chi connectivity index (χ3n) is 4.30. The molecule has 1 aromatic carbocycles. The molecule has 1 N–H and O–H groups in total. The lowest BCUT2D eigenvalue weighted by Gasteiger charge is -2.34. The SMILES string of the molecule is O=c1ccnc2sc(NC(c3ccc(Cl)cc3)C3CCC3)nn12. The Labute approximate surface area is 141 Å². The highest BCUT2D eigenvalue weighted by Gasteiger charge is 2.29. The Morgan fingerprint density at radius 2 is 2.04 bits per heavy atom. The van der Waals surface area contributed by atoms with Crippen LogP contribution in [0.25, 0.3) is 4.96 Å². The number of anilines is 1.